The third-order valence-electron chi connectivity index (χ3n) is 6.81. The van der Waals surface area contributed by atoms with Crippen LogP contribution in [0.3, 0.4) is 0 Å². The molecule has 2 atom stereocenters. The lowest BCUT2D eigenvalue weighted by molar-refractivity contribution is -0.139. The van der Waals surface area contributed by atoms with Gasteiger partial charge < -0.3 is 15.0 Å². The van der Waals surface area contributed by atoms with Crippen LogP contribution in [0, 0.1) is 7.14 Å². The van der Waals surface area contributed by atoms with Gasteiger partial charge in [0.25, 0.3) is 0 Å². The summed E-state index contributed by atoms with van der Waals surface area (Å²) in [5.74, 6) is -0.347. The summed E-state index contributed by atoms with van der Waals surface area (Å²) < 4.78 is 7.96. The minimum atomic E-state index is -0.447. The minimum absolute atomic E-state index is 0.109. The lowest BCUT2D eigenvalue weighted by atomic mass is 9.84. The van der Waals surface area contributed by atoms with Crippen molar-refractivity contribution >= 4 is 85.7 Å². The SMILES string of the molecule is CCOC(=O)C1=C(Nc2ccc(I)cc2)CC(c2ccc(Cl)cc2)N(c2ccc(I)cc2)C1c1ccc(Cl)cc1. The molecule has 0 saturated heterocycles. The summed E-state index contributed by atoms with van der Waals surface area (Å²) in [5.41, 5.74) is 5.33. The van der Waals surface area contributed by atoms with Crippen LogP contribution in [-0.2, 0) is 9.53 Å². The van der Waals surface area contributed by atoms with Crippen LogP contribution < -0.4 is 10.2 Å². The summed E-state index contributed by atoms with van der Waals surface area (Å²) in [7, 11) is 0. The van der Waals surface area contributed by atoms with Crippen molar-refractivity contribution in [2.75, 3.05) is 16.8 Å². The highest BCUT2D eigenvalue weighted by Crippen LogP contribution is 2.48. The van der Waals surface area contributed by atoms with Gasteiger partial charge in [-0.1, -0.05) is 47.5 Å². The van der Waals surface area contributed by atoms with Gasteiger partial charge >= 0.3 is 5.97 Å². The maximum Gasteiger partial charge on any atom is 0.338 e. The summed E-state index contributed by atoms with van der Waals surface area (Å²) in [6.45, 7) is 2.11. The number of rotatable bonds is 7. The Labute approximate surface area is 272 Å². The lowest BCUT2D eigenvalue weighted by Gasteiger charge is -2.46. The first-order valence-corrected chi connectivity index (χ1v) is 15.7. The summed E-state index contributed by atoms with van der Waals surface area (Å²) in [5, 5.41) is 4.90. The van der Waals surface area contributed by atoms with Crippen molar-refractivity contribution in [1.29, 1.82) is 0 Å². The first-order valence-electron chi connectivity index (χ1n) is 12.8. The Kier molecular flexibility index (Phi) is 9.60. The third kappa shape index (κ3) is 6.61. The molecule has 0 radical (unpaired) electrons. The van der Waals surface area contributed by atoms with E-state index in [1.807, 2.05) is 67.6 Å². The smallest absolute Gasteiger partial charge is 0.338 e. The van der Waals surface area contributed by atoms with Crippen LogP contribution in [0.5, 0.6) is 0 Å². The standard InChI is InChI=1S/C32H26Cl2I2N2O2/c1-2-40-32(39)30-28(37-26-15-11-24(35)12-16-26)19-29(20-3-7-22(33)8-4-20)38(27-17-13-25(36)14-18-27)31(30)21-5-9-23(34)10-6-21/h3-18,29,31,37H,2,19H2,1H3. The zero-order valence-corrected chi connectivity index (χ0v) is 27.4. The van der Waals surface area contributed by atoms with Gasteiger partial charge in [0.05, 0.1) is 24.3 Å². The largest absolute Gasteiger partial charge is 0.463 e. The van der Waals surface area contributed by atoms with Gasteiger partial charge in [-0.05, 0) is 136 Å². The number of carbonyl (C=O) groups is 1. The predicted molar refractivity (Wildman–Crippen MR) is 181 cm³/mol. The van der Waals surface area contributed by atoms with E-state index < -0.39 is 6.04 Å². The second kappa shape index (κ2) is 13.1. The van der Waals surface area contributed by atoms with Crippen LogP contribution in [0.25, 0.3) is 0 Å². The second-order valence-corrected chi connectivity index (χ2v) is 12.7. The molecule has 1 aliphatic heterocycles. The number of hydrogen-bond donors (Lipinski definition) is 1. The van der Waals surface area contributed by atoms with Gasteiger partial charge in [-0.25, -0.2) is 4.79 Å². The fraction of sp³-hybridized carbons (Fsp3) is 0.156. The number of hydrogen-bond acceptors (Lipinski definition) is 4. The molecule has 4 aromatic rings. The number of benzene rings is 4. The molecule has 0 spiro atoms. The van der Waals surface area contributed by atoms with E-state index in [1.54, 1.807) is 0 Å². The quantitative estimate of drug-likeness (QED) is 0.150. The topological polar surface area (TPSA) is 41.6 Å². The first-order chi connectivity index (χ1) is 19.3. The van der Waals surface area contributed by atoms with E-state index >= 15 is 0 Å². The maximum atomic E-state index is 13.8. The zero-order chi connectivity index (χ0) is 28.2. The number of esters is 1. The van der Waals surface area contributed by atoms with Crippen molar-refractivity contribution in [3.8, 4) is 0 Å². The van der Waals surface area contributed by atoms with Crippen molar-refractivity contribution in [3.05, 3.63) is 137 Å². The van der Waals surface area contributed by atoms with Gasteiger partial charge in [0, 0.05) is 40.7 Å². The fourth-order valence-electron chi connectivity index (χ4n) is 5.03. The second-order valence-electron chi connectivity index (χ2n) is 9.35. The Morgan fingerprint density at radius 1 is 0.825 bits per heavy atom. The van der Waals surface area contributed by atoms with Crippen LogP contribution in [0.15, 0.2) is 108 Å². The van der Waals surface area contributed by atoms with E-state index in [-0.39, 0.29) is 18.6 Å². The molecule has 4 aromatic carbocycles. The van der Waals surface area contributed by atoms with Gasteiger partial charge in [-0.2, -0.15) is 0 Å². The van der Waals surface area contributed by atoms with Crippen molar-refractivity contribution < 1.29 is 9.53 Å². The number of nitrogens with zero attached hydrogens (tertiary/aromatic N) is 1. The van der Waals surface area contributed by atoms with Crippen molar-refractivity contribution in [2.24, 2.45) is 0 Å². The summed E-state index contributed by atoms with van der Waals surface area (Å²) in [6, 6.07) is 31.6. The van der Waals surface area contributed by atoms with Gasteiger partial charge in [-0.3, -0.25) is 0 Å². The molecule has 1 aliphatic rings. The molecule has 2 unspecified atom stereocenters. The third-order valence-corrected chi connectivity index (χ3v) is 8.75. The molecule has 1 N–H and O–H groups in total. The van der Waals surface area contributed by atoms with Gasteiger partial charge in [0.2, 0.25) is 0 Å². The molecular weight excluding hydrogens is 769 g/mol. The summed E-state index contributed by atoms with van der Waals surface area (Å²) in [4.78, 5) is 16.1. The molecule has 5 rings (SSSR count). The Balaban J connectivity index is 1.77. The molecule has 0 aliphatic carbocycles. The number of anilines is 2. The maximum absolute atomic E-state index is 13.8. The predicted octanol–water partition coefficient (Wildman–Crippen LogP) is 9.82. The van der Waals surface area contributed by atoms with Crippen LogP contribution in [0.2, 0.25) is 10.0 Å². The number of nitrogens with one attached hydrogen (secondary N) is 1. The Morgan fingerprint density at radius 3 is 1.90 bits per heavy atom. The molecule has 4 nitrogen and oxygen atoms in total. The van der Waals surface area contributed by atoms with E-state index in [0.717, 1.165) is 35.3 Å². The monoisotopic (exact) mass is 794 g/mol. The molecule has 0 aromatic heterocycles. The Morgan fingerprint density at radius 2 is 1.35 bits per heavy atom. The highest BCUT2D eigenvalue weighted by atomic mass is 127. The zero-order valence-electron chi connectivity index (χ0n) is 21.6. The highest BCUT2D eigenvalue weighted by Gasteiger charge is 2.41. The number of ether oxygens (including phenoxy) is 1. The molecule has 0 amide bonds. The van der Waals surface area contributed by atoms with Gasteiger partial charge in [-0.15, -0.1) is 0 Å². The van der Waals surface area contributed by atoms with Crippen molar-refractivity contribution in [1.82, 2.24) is 0 Å². The molecule has 204 valence electrons. The highest BCUT2D eigenvalue weighted by molar-refractivity contribution is 14.1. The fourth-order valence-corrected chi connectivity index (χ4v) is 6.00. The van der Waals surface area contributed by atoms with Gasteiger partial charge in [0.1, 0.15) is 0 Å². The number of carbonyl (C=O) groups excluding carboxylic acids is 1. The summed E-state index contributed by atoms with van der Waals surface area (Å²) in [6.07, 6.45) is 0.553. The van der Waals surface area contributed by atoms with E-state index in [2.05, 4.69) is 91.8 Å². The van der Waals surface area contributed by atoms with Gasteiger partial charge in [0.15, 0.2) is 0 Å². The normalized spacial score (nSPS) is 17.1. The van der Waals surface area contributed by atoms with Crippen LogP contribution >= 0.6 is 68.4 Å². The van der Waals surface area contributed by atoms with E-state index in [0.29, 0.717) is 22.0 Å². The molecule has 1 heterocycles. The van der Waals surface area contributed by atoms with Crippen LogP contribution in [0.1, 0.15) is 36.6 Å². The lowest BCUT2D eigenvalue weighted by Crippen LogP contribution is -2.41. The minimum Gasteiger partial charge on any atom is -0.463 e. The van der Waals surface area contributed by atoms with Crippen LogP contribution in [-0.4, -0.2) is 12.6 Å². The molecule has 8 heteroatoms. The molecule has 0 fully saturated rings. The molecule has 0 saturated carbocycles. The van der Waals surface area contributed by atoms with Crippen LogP contribution in [0.4, 0.5) is 11.4 Å². The Bertz CT molecular complexity index is 1510. The van der Waals surface area contributed by atoms with Crippen molar-refractivity contribution in [3.63, 3.8) is 0 Å². The van der Waals surface area contributed by atoms with Crippen molar-refractivity contribution in [2.45, 2.75) is 25.4 Å². The van der Waals surface area contributed by atoms with E-state index in [4.69, 9.17) is 27.9 Å². The molecule has 0 bridgehead atoms. The summed E-state index contributed by atoms with van der Waals surface area (Å²) >= 11 is 17.2. The molecule has 40 heavy (non-hydrogen) atoms. The number of halogens is 4. The Hall–Kier alpha value is -2.27. The average Bonchev–Trinajstić information content (AvgIpc) is 2.95. The van der Waals surface area contributed by atoms with E-state index in [9.17, 15) is 4.79 Å². The average molecular weight is 795 g/mol. The molecular formula is C32H26Cl2I2N2O2. The first kappa shape index (κ1) is 29.2. The van der Waals surface area contributed by atoms with E-state index in [1.165, 1.54) is 0 Å².